The predicted molar refractivity (Wildman–Crippen MR) is 126 cm³/mol. The van der Waals surface area contributed by atoms with Gasteiger partial charge < -0.3 is 9.47 Å². The van der Waals surface area contributed by atoms with E-state index in [2.05, 4.69) is 10.3 Å². The summed E-state index contributed by atoms with van der Waals surface area (Å²) in [5.41, 5.74) is 1.91. The van der Waals surface area contributed by atoms with Crippen molar-refractivity contribution in [2.45, 2.75) is 11.8 Å². The number of hydrogen-bond donors (Lipinski definition) is 1. The van der Waals surface area contributed by atoms with Crippen LogP contribution in [0.3, 0.4) is 0 Å². The Hall–Kier alpha value is -2.08. The van der Waals surface area contributed by atoms with Gasteiger partial charge in [-0.3, -0.25) is 10.1 Å². The highest BCUT2D eigenvalue weighted by Crippen LogP contribution is 2.31. The van der Waals surface area contributed by atoms with Crippen molar-refractivity contribution >= 4 is 54.2 Å². The van der Waals surface area contributed by atoms with Gasteiger partial charge in [-0.2, -0.15) is 4.31 Å². The predicted octanol–water partition coefficient (Wildman–Crippen LogP) is 3.79. The molecule has 0 saturated heterocycles. The fourth-order valence-electron chi connectivity index (χ4n) is 2.99. The van der Waals surface area contributed by atoms with Gasteiger partial charge in [0.05, 0.1) is 28.3 Å². The van der Waals surface area contributed by atoms with E-state index in [1.807, 2.05) is 13.0 Å². The van der Waals surface area contributed by atoms with Gasteiger partial charge in [0, 0.05) is 37.9 Å². The molecule has 3 rings (SSSR count). The number of thiazole rings is 1. The first-order chi connectivity index (χ1) is 15.3. The summed E-state index contributed by atoms with van der Waals surface area (Å²) in [7, 11) is -0.735. The monoisotopic (exact) mass is 497 g/mol. The number of fused-ring (bicyclic) bond motifs is 1. The van der Waals surface area contributed by atoms with Gasteiger partial charge in [-0.1, -0.05) is 22.9 Å². The Labute approximate surface area is 196 Å². The van der Waals surface area contributed by atoms with Gasteiger partial charge in [0.1, 0.15) is 0 Å². The number of nitrogens with one attached hydrogen (secondary N) is 1. The second kappa shape index (κ2) is 10.7. The molecule has 0 aliphatic carbocycles. The van der Waals surface area contributed by atoms with Crippen molar-refractivity contribution < 1.29 is 22.7 Å². The van der Waals surface area contributed by atoms with E-state index in [9.17, 15) is 13.2 Å². The standard InChI is InChI=1S/C21H24ClN3O5S2/c1-14-17(22)8-9-18-19(14)23-21(31-18)24-20(26)15-4-6-16(7-5-15)32(27,28)25(10-12-29-2)11-13-30-3/h4-9H,10-13H2,1-3H3,(H,23,24,26). The Morgan fingerprint density at radius 1 is 1.09 bits per heavy atom. The Morgan fingerprint density at radius 3 is 2.31 bits per heavy atom. The van der Waals surface area contributed by atoms with Crippen LogP contribution in [0.15, 0.2) is 41.3 Å². The summed E-state index contributed by atoms with van der Waals surface area (Å²) in [4.78, 5) is 17.2. The van der Waals surface area contributed by atoms with E-state index < -0.39 is 10.0 Å². The molecule has 172 valence electrons. The fraction of sp³-hybridized carbons (Fsp3) is 0.333. The van der Waals surface area contributed by atoms with Gasteiger partial charge in [-0.15, -0.1) is 0 Å². The molecule has 1 aromatic heterocycles. The smallest absolute Gasteiger partial charge is 0.257 e. The minimum Gasteiger partial charge on any atom is -0.383 e. The van der Waals surface area contributed by atoms with Crippen molar-refractivity contribution in [1.82, 2.24) is 9.29 Å². The van der Waals surface area contributed by atoms with Crippen LogP contribution in [0.4, 0.5) is 5.13 Å². The van der Waals surface area contributed by atoms with E-state index in [4.69, 9.17) is 21.1 Å². The lowest BCUT2D eigenvalue weighted by atomic mass is 10.2. The van der Waals surface area contributed by atoms with Gasteiger partial charge in [-0.05, 0) is 48.9 Å². The minimum atomic E-state index is -3.75. The van der Waals surface area contributed by atoms with Gasteiger partial charge >= 0.3 is 0 Å². The van der Waals surface area contributed by atoms with E-state index in [0.29, 0.717) is 15.7 Å². The van der Waals surface area contributed by atoms with Crippen LogP contribution in [0.1, 0.15) is 15.9 Å². The van der Waals surface area contributed by atoms with Crippen LogP contribution in [0, 0.1) is 6.92 Å². The van der Waals surface area contributed by atoms with E-state index in [1.165, 1.54) is 54.1 Å². The quantitative estimate of drug-likeness (QED) is 0.457. The minimum absolute atomic E-state index is 0.0894. The fourth-order valence-corrected chi connectivity index (χ4v) is 5.47. The molecule has 0 aliphatic heterocycles. The molecule has 0 spiro atoms. The molecule has 1 heterocycles. The molecule has 0 bridgehead atoms. The first-order valence-electron chi connectivity index (χ1n) is 9.73. The number of hydrogen-bond acceptors (Lipinski definition) is 7. The summed E-state index contributed by atoms with van der Waals surface area (Å²) in [6.45, 7) is 2.79. The number of carbonyl (C=O) groups is 1. The summed E-state index contributed by atoms with van der Waals surface area (Å²) >= 11 is 7.48. The Morgan fingerprint density at radius 2 is 1.72 bits per heavy atom. The summed E-state index contributed by atoms with van der Waals surface area (Å²) in [6, 6.07) is 9.44. The van der Waals surface area contributed by atoms with Crippen LogP contribution in [-0.2, 0) is 19.5 Å². The number of ether oxygens (including phenoxy) is 2. The zero-order chi connectivity index (χ0) is 23.3. The number of rotatable bonds is 10. The molecule has 2 aromatic carbocycles. The molecule has 3 aromatic rings. The number of aromatic nitrogens is 1. The molecule has 1 amide bonds. The largest absolute Gasteiger partial charge is 0.383 e. The number of benzene rings is 2. The third kappa shape index (κ3) is 5.45. The normalized spacial score (nSPS) is 11.9. The number of nitrogens with zero attached hydrogens (tertiary/aromatic N) is 2. The van der Waals surface area contributed by atoms with Crippen molar-refractivity contribution in [3.8, 4) is 0 Å². The Bertz CT molecular complexity index is 1190. The first kappa shape index (κ1) is 24.6. The van der Waals surface area contributed by atoms with Crippen molar-refractivity contribution in [2.75, 3.05) is 45.8 Å². The lowest BCUT2D eigenvalue weighted by molar-refractivity contribution is 0.102. The average Bonchev–Trinajstić information content (AvgIpc) is 3.19. The first-order valence-corrected chi connectivity index (χ1v) is 12.4. The molecule has 0 radical (unpaired) electrons. The van der Waals surface area contributed by atoms with Crippen molar-refractivity contribution in [2.24, 2.45) is 0 Å². The molecule has 0 fully saturated rings. The zero-order valence-corrected chi connectivity index (χ0v) is 20.3. The Balaban J connectivity index is 1.76. The molecule has 0 unspecified atom stereocenters. The molecule has 11 heteroatoms. The van der Waals surface area contributed by atoms with Crippen molar-refractivity contribution in [1.29, 1.82) is 0 Å². The van der Waals surface area contributed by atoms with E-state index >= 15 is 0 Å². The van der Waals surface area contributed by atoms with Crippen LogP contribution >= 0.6 is 22.9 Å². The number of anilines is 1. The highest BCUT2D eigenvalue weighted by Gasteiger charge is 2.24. The second-order valence-corrected chi connectivity index (χ2v) is 10.3. The summed E-state index contributed by atoms with van der Waals surface area (Å²) in [5, 5.41) is 3.82. The Kier molecular flexibility index (Phi) is 8.21. The third-order valence-corrected chi connectivity index (χ3v) is 8.07. The van der Waals surface area contributed by atoms with Crippen LogP contribution in [0.2, 0.25) is 5.02 Å². The SMILES string of the molecule is COCCN(CCOC)S(=O)(=O)c1ccc(C(=O)Nc2nc3c(C)c(Cl)ccc3s2)cc1. The van der Waals surface area contributed by atoms with E-state index in [1.54, 1.807) is 6.07 Å². The summed E-state index contributed by atoms with van der Waals surface area (Å²) in [6.07, 6.45) is 0. The third-order valence-electron chi connectivity index (χ3n) is 4.81. The molecule has 0 saturated carbocycles. The summed E-state index contributed by atoms with van der Waals surface area (Å²) in [5.74, 6) is -0.382. The van der Waals surface area contributed by atoms with Crippen LogP contribution in [0.5, 0.6) is 0 Å². The van der Waals surface area contributed by atoms with Gasteiger partial charge in [0.2, 0.25) is 10.0 Å². The molecule has 1 N–H and O–H groups in total. The zero-order valence-electron chi connectivity index (χ0n) is 17.9. The number of carbonyl (C=O) groups excluding carboxylic acids is 1. The highest BCUT2D eigenvalue weighted by molar-refractivity contribution is 7.89. The van der Waals surface area contributed by atoms with E-state index in [0.717, 1.165) is 15.8 Å². The van der Waals surface area contributed by atoms with Crippen LogP contribution < -0.4 is 5.32 Å². The molecular weight excluding hydrogens is 474 g/mol. The van der Waals surface area contributed by atoms with Crippen LogP contribution in [0.25, 0.3) is 10.2 Å². The van der Waals surface area contributed by atoms with Gasteiger partial charge in [-0.25, -0.2) is 13.4 Å². The lowest BCUT2D eigenvalue weighted by Gasteiger charge is -2.21. The summed E-state index contributed by atoms with van der Waals surface area (Å²) < 4.78 is 38.2. The lowest BCUT2D eigenvalue weighted by Crippen LogP contribution is -2.36. The molecule has 0 aliphatic rings. The number of methoxy groups -OCH3 is 2. The molecular formula is C21H24ClN3O5S2. The van der Waals surface area contributed by atoms with Crippen LogP contribution in [-0.4, -0.2) is 64.1 Å². The van der Waals surface area contributed by atoms with Crippen molar-refractivity contribution in [3.63, 3.8) is 0 Å². The second-order valence-electron chi connectivity index (χ2n) is 6.91. The van der Waals surface area contributed by atoms with Crippen molar-refractivity contribution in [3.05, 3.63) is 52.5 Å². The molecule has 32 heavy (non-hydrogen) atoms. The average molecular weight is 498 g/mol. The molecule has 0 atom stereocenters. The number of aryl methyl sites for hydroxylation is 1. The van der Waals surface area contributed by atoms with Gasteiger partial charge in [0.25, 0.3) is 5.91 Å². The number of amides is 1. The highest BCUT2D eigenvalue weighted by atomic mass is 35.5. The maximum atomic E-state index is 13.0. The maximum absolute atomic E-state index is 13.0. The molecule has 8 nitrogen and oxygen atoms in total. The number of halogens is 1. The maximum Gasteiger partial charge on any atom is 0.257 e. The number of sulfonamides is 1. The van der Waals surface area contributed by atoms with E-state index in [-0.39, 0.29) is 37.1 Å². The van der Waals surface area contributed by atoms with Gasteiger partial charge in [0.15, 0.2) is 5.13 Å². The topological polar surface area (TPSA) is 97.8 Å².